The second-order valence-corrected chi connectivity index (χ2v) is 5.46. The van der Waals surface area contributed by atoms with Crippen molar-refractivity contribution >= 4 is 62.9 Å². The van der Waals surface area contributed by atoms with Gasteiger partial charge < -0.3 is 11.1 Å². The lowest BCUT2D eigenvalue weighted by Gasteiger charge is -2.12. The molecule has 0 aliphatic carbocycles. The number of nitrogens with one attached hydrogen (secondary N) is 1. The van der Waals surface area contributed by atoms with E-state index >= 15 is 0 Å². The fourth-order valence-corrected chi connectivity index (χ4v) is 2.56. The number of benzene rings is 2. The SMILES string of the molecule is Nc1c(Cl)cccc1Nc1ccc(Cl)cc1I. The zero-order valence-electron chi connectivity index (χ0n) is 8.68. The van der Waals surface area contributed by atoms with Gasteiger partial charge in [-0.1, -0.05) is 29.3 Å². The summed E-state index contributed by atoms with van der Waals surface area (Å²) in [7, 11) is 0. The Kier molecular flexibility index (Phi) is 4.01. The molecule has 2 nitrogen and oxygen atoms in total. The largest absolute Gasteiger partial charge is 0.396 e. The molecule has 0 aliphatic rings. The average molecular weight is 379 g/mol. The van der Waals surface area contributed by atoms with Gasteiger partial charge in [0.05, 0.1) is 22.1 Å². The number of nitrogen functional groups attached to an aromatic ring is 1. The molecular formula is C12H9Cl2IN2. The van der Waals surface area contributed by atoms with Crippen molar-refractivity contribution in [2.75, 3.05) is 11.1 Å². The minimum atomic E-state index is 0.541. The summed E-state index contributed by atoms with van der Waals surface area (Å²) in [5, 5.41) is 4.48. The number of para-hydroxylation sites is 1. The zero-order chi connectivity index (χ0) is 12.4. The second-order valence-electron chi connectivity index (χ2n) is 3.45. The minimum absolute atomic E-state index is 0.541. The molecule has 0 amide bonds. The van der Waals surface area contributed by atoms with Gasteiger partial charge >= 0.3 is 0 Å². The van der Waals surface area contributed by atoms with E-state index in [1.54, 1.807) is 6.07 Å². The molecule has 0 saturated carbocycles. The van der Waals surface area contributed by atoms with Crippen LogP contribution in [-0.4, -0.2) is 0 Å². The van der Waals surface area contributed by atoms with E-state index < -0.39 is 0 Å². The van der Waals surface area contributed by atoms with E-state index in [9.17, 15) is 0 Å². The molecule has 2 aromatic rings. The lowest BCUT2D eigenvalue weighted by molar-refractivity contribution is 1.52. The number of hydrogen-bond donors (Lipinski definition) is 2. The van der Waals surface area contributed by atoms with Gasteiger partial charge in [-0.2, -0.15) is 0 Å². The number of nitrogens with two attached hydrogens (primary N) is 1. The van der Waals surface area contributed by atoms with Crippen LogP contribution in [-0.2, 0) is 0 Å². The summed E-state index contributed by atoms with van der Waals surface area (Å²) in [6, 6.07) is 11.1. The van der Waals surface area contributed by atoms with Crippen LogP contribution in [0.1, 0.15) is 0 Å². The molecule has 0 saturated heterocycles. The molecule has 88 valence electrons. The zero-order valence-corrected chi connectivity index (χ0v) is 12.3. The van der Waals surface area contributed by atoms with Gasteiger partial charge in [0.25, 0.3) is 0 Å². The first-order valence-electron chi connectivity index (χ1n) is 4.84. The maximum Gasteiger partial charge on any atom is 0.0742 e. The Morgan fingerprint density at radius 1 is 1.06 bits per heavy atom. The van der Waals surface area contributed by atoms with Crippen molar-refractivity contribution in [2.24, 2.45) is 0 Å². The molecule has 0 unspecified atom stereocenters. The molecule has 0 radical (unpaired) electrons. The Hall–Kier alpha value is -0.650. The summed E-state index contributed by atoms with van der Waals surface area (Å²) < 4.78 is 1.02. The highest BCUT2D eigenvalue weighted by molar-refractivity contribution is 14.1. The van der Waals surface area contributed by atoms with Crippen molar-refractivity contribution in [3.8, 4) is 0 Å². The third-order valence-corrected chi connectivity index (χ3v) is 3.71. The molecule has 17 heavy (non-hydrogen) atoms. The van der Waals surface area contributed by atoms with E-state index in [2.05, 4.69) is 27.9 Å². The third-order valence-electron chi connectivity index (χ3n) is 2.25. The number of halogens is 3. The van der Waals surface area contributed by atoms with E-state index in [0.717, 1.165) is 14.9 Å². The normalized spacial score (nSPS) is 10.3. The fourth-order valence-electron chi connectivity index (χ4n) is 1.38. The lowest BCUT2D eigenvalue weighted by Crippen LogP contribution is -1.98. The van der Waals surface area contributed by atoms with Gasteiger partial charge in [0, 0.05) is 8.59 Å². The predicted molar refractivity (Wildman–Crippen MR) is 83.3 cm³/mol. The Morgan fingerprint density at radius 2 is 1.82 bits per heavy atom. The second kappa shape index (κ2) is 5.33. The maximum absolute atomic E-state index is 5.96. The Bertz CT molecular complexity index is 558. The summed E-state index contributed by atoms with van der Waals surface area (Å²) in [5.74, 6) is 0. The summed E-state index contributed by atoms with van der Waals surface area (Å²) in [6.07, 6.45) is 0. The van der Waals surface area contributed by atoms with Crippen LogP contribution in [0.25, 0.3) is 0 Å². The van der Waals surface area contributed by atoms with E-state index in [1.807, 2.05) is 30.3 Å². The lowest BCUT2D eigenvalue weighted by atomic mass is 10.2. The summed E-state index contributed by atoms with van der Waals surface area (Å²) in [5.41, 5.74) is 8.17. The standard InChI is InChI=1S/C12H9Cl2IN2/c13-7-4-5-10(9(15)6-7)17-11-3-1-2-8(14)12(11)16/h1-6,17H,16H2. The van der Waals surface area contributed by atoms with Crippen LogP contribution in [0.15, 0.2) is 36.4 Å². The molecule has 0 heterocycles. The van der Waals surface area contributed by atoms with Crippen LogP contribution in [0.2, 0.25) is 10.0 Å². The number of hydrogen-bond acceptors (Lipinski definition) is 2. The molecule has 5 heteroatoms. The first-order valence-corrected chi connectivity index (χ1v) is 6.67. The van der Waals surface area contributed by atoms with E-state index in [0.29, 0.717) is 15.7 Å². The first kappa shape index (κ1) is 12.8. The van der Waals surface area contributed by atoms with Gasteiger partial charge in [0.2, 0.25) is 0 Å². The summed E-state index contributed by atoms with van der Waals surface area (Å²) in [4.78, 5) is 0. The first-order chi connectivity index (χ1) is 8.08. The molecule has 0 bridgehead atoms. The molecule has 0 aliphatic heterocycles. The summed E-state index contributed by atoms with van der Waals surface area (Å²) in [6.45, 7) is 0. The number of anilines is 3. The van der Waals surface area contributed by atoms with Gasteiger partial charge in [-0.25, -0.2) is 0 Å². The van der Waals surface area contributed by atoms with Crippen LogP contribution in [0.4, 0.5) is 17.1 Å². The van der Waals surface area contributed by atoms with E-state index in [1.165, 1.54) is 0 Å². The quantitative estimate of drug-likeness (QED) is 0.574. The van der Waals surface area contributed by atoms with Crippen molar-refractivity contribution in [2.45, 2.75) is 0 Å². The minimum Gasteiger partial charge on any atom is -0.396 e. The highest BCUT2D eigenvalue weighted by Crippen LogP contribution is 2.31. The molecular weight excluding hydrogens is 370 g/mol. The smallest absolute Gasteiger partial charge is 0.0742 e. The predicted octanol–water partition coefficient (Wildman–Crippen LogP) is 4.92. The van der Waals surface area contributed by atoms with Crippen molar-refractivity contribution < 1.29 is 0 Å². The van der Waals surface area contributed by atoms with Crippen molar-refractivity contribution in [3.63, 3.8) is 0 Å². The highest BCUT2D eigenvalue weighted by Gasteiger charge is 2.05. The topological polar surface area (TPSA) is 38.0 Å². The Balaban J connectivity index is 2.35. The molecule has 3 N–H and O–H groups in total. The van der Waals surface area contributed by atoms with E-state index in [-0.39, 0.29) is 0 Å². The molecule has 2 aromatic carbocycles. The third kappa shape index (κ3) is 2.97. The van der Waals surface area contributed by atoms with Crippen molar-refractivity contribution in [3.05, 3.63) is 50.0 Å². The average Bonchev–Trinajstić information content (AvgIpc) is 2.28. The van der Waals surface area contributed by atoms with Crippen LogP contribution in [0.3, 0.4) is 0 Å². The van der Waals surface area contributed by atoms with Gasteiger partial charge in [0.15, 0.2) is 0 Å². The van der Waals surface area contributed by atoms with Crippen LogP contribution in [0.5, 0.6) is 0 Å². The summed E-state index contributed by atoms with van der Waals surface area (Å²) >= 11 is 14.1. The molecule has 0 aromatic heterocycles. The van der Waals surface area contributed by atoms with Crippen LogP contribution >= 0.6 is 45.8 Å². The monoisotopic (exact) mass is 378 g/mol. The molecule has 0 spiro atoms. The number of rotatable bonds is 2. The van der Waals surface area contributed by atoms with Crippen LogP contribution in [0, 0.1) is 3.57 Å². The van der Waals surface area contributed by atoms with Gasteiger partial charge in [-0.3, -0.25) is 0 Å². The van der Waals surface area contributed by atoms with Gasteiger partial charge in [-0.05, 0) is 52.9 Å². The molecule has 2 rings (SSSR count). The van der Waals surface area contributed by atoms with Crippen LogP contribution < -0.4 is 11.1 Å². The Morgan fingerprint density at radius 3 is 2.53 bits per heavy atom. The van der Waals surface area contributed by atoms with E-state index in [4.69, 9.17) is 28.9 Å². The van der Waals surface area contributed by atoms with Gasteiger partial charge in [0.1, 0.15) is 0 Å². The van der Waals surface area contributed by atoms with Crippen molar-refractivity contribution in [1.82, 2.24) is 0 Å². The fraction of sp³-hybridized carbons (Fsp3) is 0. The Labute approximate surface area is 123 Å². The molecule has 0 fully saturated rings. The van der Waals surface area contributed by atoms with Crippen molar-refractivity contribution in [1.29, 1.82) is 0 Å². The highest BCUT2D eigenvalue weighted by atomic mass is 127. The van der Waals surface area contributed by atoms with Gasteiger partial charge in [-0.15, -0.1) is 0 Å². The molecule has 0 atom stereocenters. The maximum atomic E-state index is 5.96.